The van der Waals surface area contributed by atoms with E-state index in [9.17, 15) is 4.79 Å². The van der Waals surface area contributed by atoms with Crippen LogP contribution >= 0.6 is 31.9 Å². The molecule has 0 aliphatic rings. The Balaban J connectivity index is 1.89. The summed E-state index contributed by atoms with van der Waals surface area (Å²) in [6.45, 7) is 6.02. The first-order valence-corrected chi connectivity index (χ1v) is 11.2. The molecule has 0 saturated heterocycles. The predicted octanol–water partition coefficient (Wildman–Crippen LogP) is 7.60. The number of carbonyl (C=O) groups is 1. The number of halogens is 2. The summed E-state index contributed by atoms with van der Waals surface area (Å²) in [7, 11) is 0. The van der Waals surface area contributed by atoms with Gasteiger partial charge in [-0.25, -0.2) is 4.98 Å². The van der Waals surface area contributed by atoms with Crippen molar-refractivity contribution in [3.8, 4) is 11.3 Å². The number of anilines is 1. The highest BCUT2D eigenvalue weighted by Gasteiger charge is 2.17. The van der Waals surface area contributed by atoms with Gasteiger partial charge in [0.15, 0.2) is 0 Å². The normalized spacial score (nSPS) is 11.0. The van der Waals surface area contributed by atoms with E-state index in [1.165, 1.54) is 0 Å². The number of amides is 1. The monoisotopic (exact) mass is 522 g/mol. The Hall–Kier alpha value is -2.50. The maximum atomic E-state index is 13.4. The van der Waals surface area contributed by atoms with E-state index < -0.39 is 0 Å². The Kier molecular flexibility index (Phi) is 5.76. The molecule has 0 spiro atoms. The van der Waals surface area contributed by atoms with Crippen molar-refractivity contribution in [2.45, 2.75) is 20.8 Å². The van der Waals surface area contributed by atoms with E-state index in [1.54, 1.807) is 0 Å². The number of aryl methyl sites for hydroxylation is 3. The second-order valence-electron chi connectivity index (χ2n) is 7.45. The molecule has 0 bridgehead atoms. The third kappa shape index (κ3) is 4.18. The highest BCUT2D eigenvalue weighted by Crippen LogP contribution is 2.31. The van der Waals surface area contributed by atoms with Crippen molar-refractivity contribution in [3.05, 3.63) is 91.9 Å². The van der Waals surface area contributed by atoms with Gasteiger partial charge in [-0.3, -0.25) is 4.79 Å². The van der Waals surface area contributed by atoms with Crippen LogP contribution in [0.5, 0.6) is 0 Å². The van der Waals surface area contributed by atoms with Crippen molar-refractivity contribution in [1.29, 1.82) is 0 Å². The molecule has 5 heteroatoms. The topological polar surface area (TPSA) is 42.0 Å². The fourth-order valence-electron chi connectivity index (χ4n) is 3.47. The summed E-state index contributed by atoms with van der Waals surface area (Å²) in [5, 5.41) is 3.92. The van der Waals surface area contributed by atoms with Crippen molar-refractivity contribution in [1.82, 2.24) is 4.98 Å². The molecule has 1 amide bonds. The molecule has 4 aromatic rings. The average molecular weight is 524 g/mol. The van der Waals surface area contributed by atoms with Gasteiger partial charge in [-0.05, 0) is 73.9 Å². The van der Waals surface area contributed by atoms with Gasteiger partial charge in [-0.1, -0.05) is 56.1 Å². The lowest BCUT2D eigenvalue weighted by atomic mass is 10.0. The smallest absolute Gasteiger partial charge is 0.256 e. The zero-order chi connectivity index (χ0) is 21.4. The van der Waals surface area contributed by atoms with Crippen LogP contribution in [0.15, 0.2) is 69.6 Å². The molecule has 0 saturated carbocycles. The quantitative estimate of drug-likeness (QED) is 0.300. The molecular weight excluding hydrogens is 504 g/mol. The highest BCUT2D eigenvalue weighted by molar-refractivity contribution is 9.10. The SMILES string of the molecule is Cc1ccc(C)c(NC(=O)c2cc(-c3ccc(Br)cc3)nc3c(C)cc(Br)cc23)c1. The van der Waals surface area contributed by atoms with Gasteiger partial charge >= 0.3 is 0 Å². The maximum Gasteiger partial charge on any atom is 0.256 e. The highest BCUT2D eigenvalue weighted by atomic mass is 79.9. The molecule has 1 aromatic heterocycles. The number of nitrogens with zero attached hydrogens (tertiary/aromatic N) is 1. The number of hydrogen-bond donors (Lipinski definition) is 1. The predicted molar refractivity (Wildman–Crippen MR) is 131 cm³/mol. The second-order valence-corrected chi connectivity index (χ2v) is 9.28. The zero-order valence-electron chi connectivity index (χ0n) is 16.9. The Morgan fingerprint density at radius 3 is 2.30 bits per heavy atom. The van der Waals surface area contributed by atoms with E-state index in [0.29, 0.717) is 5.56 Å². The Morgan fingerprint density at radius 1 is 0.833 bits per heavy atom. The molecule has 3 nitrogen and oxygen atoms in total. The summed E-state index contributed by atoms with van der Waals surface area (Å²) in [5.74, 6) is -0.146. The van der Waals surface area contributed by atoms with Gasteiger partial charge in [-0.2, -0.15) is 0 Å². The van der Waals surface area contributed by atoms with Crippen molar-refractivity contribution in [3.63, 3.8) is 0 Å². The molecule has 1 N–H and O–H groups in total. The van der Waals surface area contributed by atoms with Gasteiger partial charge in [0.1, 0.15) is 0 Å². The lowest BCUT2D eigenvalue weighted by Gasteiger charge is -2.14. The Bertz CT molecular complexity index is 1280. The zero-order valence-corrected chi connectivity index (χ0v) is 20.1. The third-order valence-electron chi connectivity index (χ3n) is 5.09. The van der Waals surface area contributed by atoms with E-state index in [2.05, 4.69) is 37.2 Å². The van der Waals surface area contributed by atoms with Gasteiger partial charge in [0, 0.05) is 25.6 Å². The number of carbonyl (C=O) groups excluding carboxylic acids is 1. The lowest BCUT2D eigenvalue weighted by molar-refractivity contribution is 0.102. The molecule has 0 atom stereocenters. The summed E-state index contributed by atoms with van der Waals surface area (Å²) in [6, 6.07) is 19.9. The Morgan fingerprint density at radius 2 is 1.57 bits per heavy atom. The van der Waals surface area contributed by atoms with E-state index in [4.69, 9.17) is 4.98 Å². The lowest BCUT2D eigenvalue weighted by Crippen LogP contribution is -2.14. The molecule has 4 rings (SSSR count). The number of rotatable bonds is 3. The van der Waals surface area contributed by atoms with Gasteiger partial charge in [0.25, 0.3) is 5.91 Å². The van der Waals surface area contributed by atoms with Crippen LogP contribution in [-0.2, 0) is 0 Å². The Labute approximate surface area is 192 Å². The third-order valence-corrected chi connectivity index (χ3v) is 6.08. The fraction of sp³-hybridized carbons (Fsp3) is 0.120. The molecule has 0 fully saturated rings. The molecular formula is C25H20Br2N2O. The van der Waals surface area contributed by atoms with Crippen molar-refractivity contribution >= 4 is 54.4 Å². The number of pyridine rings is 1. The number of aromatic nitrogens is 1. The van der Waals surface area contributed by atoms with Crippen LogP contribution < -0.4 is 5.32 Å². The van der Waals surface area contributed by atoms with E-state index in [0.717, 1.165) is 53.5 Å². The summed E-state index contributed by atoms with van der Waals surface area (Å²) in [5.41, 5.74) is 7.12. The van der Waals surface area contributed by atoms with Gasteiger partial charge in [0.05, 0.1) is 16.8 Å². The van der Waals surface area contributed by atoms with Crippen molar-refractivity contribution < 1.29 is 4.79 Å². The van der Waals surface area contributed by atoms with E-state index in [-0.39, 0.29) is 5.91 Å². The van der Waals surface area contributed by atoms with Gasteiger partial charge < -0.3 is 5.32 Å². The van der Waals surface area contributed by atoms with Crippen LogP contribution in [0, 0.1) is 20.8 Å². The first kappa shape index (κ1) is 20.8. The fourth-order valence-corrected chi connectivity index (χ4v) is 4.31. The summed E-state index contributed by atoms with van der Waals surface area (Å²) < 4.78 is 1.92. The first-order chi connectivity index (χ1) is 14.3. The molecule has 0 aliphatic heterocycles. The van der Waals surface area contributed by atoms with Crippen LogP contribution in [0.2, 0.25) is 0 Å². The number of benzene rings is 3. The minimum atomic E-state index is -0.146. The van der Waals surface area contributed by atoms with E-state index >= 15 is 0 Å². The number of nitrogens with one attached hydrogen (secondary N) is 1. The maximum absolute atomic E-state index is 13.4. The van der Waals surface area contributed by atoms with Crippen LogP contribution in [0.1, 0.15) is 27.0 Å². The molecule has 1 heterocycles. The van der Waals surface area contributed by atoms with Crippen molar-refractivity contribution in [2.24, 2.45) is 0 Å². The molecule has 0 aliphatic carbocycles. The molecule has 30 heavy (non-hydrogen) atoms. The minimum Gasteiger partial charge on any atom is -0.322 e. The number of fused-ring (bicyclic) bond motifs is 1. The second kappa shape index (κ2) is 8.32. The molecule has 0 radical (unpaired) electrons. The molecule has 0 unspecified atom stereocenters. The minimum absolute atomic E-state index is 0.146. The van der Waals surface area contributed by atoms with Gasteiger partial charge in [0.2, 0.25) is 0 Å². The summed E-state index contributed by atoms with van der Waals surface area (Å²) >= 11 is 7.04. The van der Waals surface area contributed by atoms with Crippen LogP contribution in [0.25, 0.3) is 22.2 Å². The number of hydrogen-bond acceptors (Lipinski definition) is 2. The van der Waals surface area contributed by atoms with E-state index in [1.807, 2.05) is 81.4 Å². The van der Waals surface area contributed by atoms with Crippen molar-refractivity contribution in [2.75, 3.05) is 5.32 Å². The van der Waals surface area contributed by atoms with Crippen LogP contribution in [-0.4, -0.2) is 10.9 Å². The van der Waals surface area contributed by atoms with Crippen LogP contribution in [0.4, 0.5) is 5.69 Å². The summed E-state index contributed by atoms with van der Waals surface area (Å²) in [4.78, 5) is 18.3. The standard InChI is InChI=1S/C25H20Br2N2O/c1-14-4-5-15(2)22(10-14)29-25(30)21-13-23(17-6-8-18(26)9-7-17)28-24-16(3)11-19(27)12-20(21)24/h4-13H,1-3H3,(H,29,30). The van der Waals surface area contributed by atoms with Gasteiger partial charge in [-0.15, -0.1) is 0 Å². The largest absolute Gasteiger partial charge is 0.322 e. The average Bonchev–Trinajstić information content (AvgIpc) is 2.70. The molecule has 150 valence electrons. The van der Waals surface area contributed by atoms with Crippen LogP contribution in [0.3, 0.4) is 0 Å². The summed E-state index contributed by atoms with van der Waals surface area (Å²) in [6.07, 6.45) is 0. The molecule has 3 aromatic carbocycles. The first-order valence-electron chi connectivity index (χ1n) is 9.57.